The molecule has 3 aromatic rings. The van der Waals surface area contributed by atoms with Gasteiger partial charge in [0, 0.05) is 12.1 Å². The number of anilines is 1. The van der Waals surface area contributed by atoms with Gasteiger partial charge in [-0.15, -0.1) is 0 Å². The standard InChI is InChI=1S/C29H33Cl2N3O4S/c1-5-26(28(36)32-29(2,3)4)33(19-21-16-17-24(30)25(31)18-21)27(35)20-34(22-12-8-6-9-13-22)39(37,38)23-14-10-7-11-15-23/h6-18,26H,5,19-20H2,1-4H3,(H,32,36)/t26-/m1/s1. The summed E-state index contributed by atoms with van der Waals surface area (Å²) in [5, 5.41) is 3.61. The van der Waals surface area contributed by atoms with Crippen LogP contribution in [0.1, 0.15) is 39.7 Å². The molecule has 0 bridgehead atoms. The number of nitrogens with one attached hydrogen (secondary N) is 1. The Balaban J connectivity index is 2.05. The van der Waals surface area contributed by atoms with Gasteiger partial charge in [-0.25, -0.2) is 8.42 Å². The van der Waals surface area contributed by atoms with Gasteiger partial charge in [-0.05, 0) is 69.2 Å². The second-order valence-corrected chi connectivity index (χ2v) is 12.8. The number of nitrogens with zero attached hydrogens (tertiary/aromatic N) is 2. The van der Waals surface area contributed by atoms with Crippen LogP contribution in [0.2, 0.25) is 10.0 Å². The SMILES string of the molecule is CC[C@H](C(=O)NC(C)(C)C)N(Cc1ccc(Cl)c(Cl)c1)C(=O)CN(c1ccccc1)S(=O)(=O)c1ccccc1. The van der Waals surface area contributed by atoms with Crippen LogP contribution in [-0.2, 0) is 26.2 Å². The molecule has 1 N–H and O–H groups in total. The van der Waals surface area contributed by atoms with Crippen molar-refractivity contribution in [2.45, 2.75) is 57.1 Å². The molecule has 0 aliphatic heterocycles. The largest absolute Gasteiger partial charge is 0.350 e. The van der Waals surface area contributed by atoms with Crippen molar-refractivity contribution in [3.05, 3.63) is 94.5 Å². The Bertz CT molecular complexity index is 1400. The van der Waals surface area contributed by atoms with E-state index >= 15 is 0 Å². The smallest absolute Gasteiger partial charge is 0.264 e. The number of amides is 2. The van der Waals surface area contributed by atoms with Crippen LogP contribution in [0.15, 0.2) is 83.8 Å². The van der Waals surface area contributed by atoms with Crippen LogP contribution in [0.25, 0.3) is 0 Å². The molecule has 3 aromatic carbocycles. The Morgan fingerprint density at radius 2 is 1.49 bits per heavy atom. The van der Waals surface area contributed by atoms with E-state index < -0.39 is 34.1 Å². The molecule has 0 unspecified atom stereocenters. The Hall–Kier alpha value is -3.07. The molecule has 0 fully saturated rings. The van der Waals surface area contributed by atoms with Gasteiger partial charge >= 0.3 is 0 Å². The molecule has 10 heteroatoms. The second-order valence-electron chi connectivity index (χ2n) is 10.1. The van der Waals surface area contributed by atoms with Crippen molar-refractivity contribution in [3.8, 4) is 0 Å². The van der Waals surface area contributed by atoms with E-state index in [1.165, 1.54) is 17.0 Å². The number of halogens is 2. The Labute approximate surface area is 240 Å². The van der Waals surface area contributed by atoms with Crippen LogP contribution in [-0.4, -0.2) is 43.3 Å². The van der Waals surface area contributed by atoms with Gasteiger partial charge < -0.3 is 10.2 Å². The van der Waals surface area contributed by atoms with Crippen LogP contribution in [0.3, 0.4) is 0 Å². The quantitative estimate of drug-likeness (QED) is 0.318. The molecule has 0 aliphatic carbocycles. The minimum Gasteiger partial charge on any atom is -0.350 e. The van der Waals surface area contributed by atoms with Crippen molar-refractivity contribution in [1.82, 2.24) is 10.2 Å². The van der Waals surface area contributed by atoms with Crippen molar-refractivity contribution >= 4 is 50.7 Å². The van der Waals surface area contributed by atoms with Crippen LogP contribution in [0, 0.1) is 0 Å². The highest BCUT2D eigenvalue weighted by molar-refractivity contribution is 7.92. The van der Waals surface area contributed by atoms with Crippen molar-refractivity contribution in [2.75, 3.05) is 10.8 Å². The topological polar surface area (TPSA) is 86.8 Å². The number of rotatable bonds is 10. The molecule has 7 nitrogen and oxygen atoms in total. The molecule has 208 valence electrons. The Kier molecular flexibility index (Phi) is 10.0. The first-order valence-corrected chi connectivity index (χ1v) is 14.7. The molecule has 1 atom stereocenters. The van der Waals surface area contributed by atoms with E-state index in [4.69, 9.17) is 23.2 Å². The molecule has 0 aromatic heterocycles. The van der Waals surface area contributed by atoms with Gasteiger partial charge in [0.2, 0.25) is 11.8 Å². The van der Waals surface area contributed by atoms with Crippen molar-refractivity contribution in [2.24, 2.45) is 0 Å². The van der Waals surface area contributed by atoms with Crippen molar-refractivity contribution < 1.29 is 18.0 Å². The van der Waals surface area contributed by atoms with Gasteiger partial charge in [0.15, 0.2) is 0 Å². The summed E-state index contributed by atoms with van der Waals surface area (Å²) in [5.41, 5.74) is 0.448. The zero-order valence-corrected chi connectivity index (χ0v) is 24.7. The highest BCUT2D eigenvalue weighted by Gasteiger charge is 2.34. The fraction of sp³-hybridized carbons (Fsp3) is 0.310. The molecule has 3 rings (SSSR count). The molecular formula is C29H33Cl2N3O4S. The molecule has 2 amide bonds. The van der Waals surface area contributed by atoms with Crippen LogP contribution >= 0.6 is 23.2 Å². The minimum absolute atomic E-state index is 0.0276. The number of benzene rings is 3. The number of hydrogen-bond donors (Lipinski definition) is 1. The monoisotopic (exact) mass is 589 g/mol. The van der Waals surface area contributed by atoms with Crippen molar-refractivity contribution in [1.29, 1.82) is 0 Å². The first-order chi connectivity index (χ1) is 18.3. The third kappa shape index (κ3) is 7.97. The first kappa shape index (κ1) is 30.5. The maximum absolute atomic E-state index is 14.0. The Morgan fingerprint density at radius 3 is 2.03 bits per heavy atom. The van der Waals surface area contributed by atoms with E-state index in [1.54, 1.807) is 73.7 Å². The predicted octanol–water partition coefficient (Wildman–Crippen LogP) is 5.91. The summed E-state index contributed by atoms with van der Waals surface area (Å²) in [6.45, 7) is 6.88. The molecule has 0 heterocycles. The normalized spacial score (nSPS) is 12.5. The lowest BCUT2D eigenvalue weighted by molar-refractivity contribution is -0.141. The average molecular weight is 591 g/mol. The van der Waals surface area contributed by atoms with E-state index in [1.807, 2.05) is 20.8 Å². The first-order valence-electron chi connectivity index (χ1n) is 12.5. The second kappa shape index (κ2) is 12.9. The average Bonchev–Trinajstić information content (AvgIpc) is 2.89. The molecule has 0 saturated heterocycles. The maximum Gasteiger partial charge on any atom is 0.264 e. The fourth-order valence-corrected chi connectivity index (χ4v) is 5.81. The zero-order chi connectivity index (χ0) is 28.8. The summed E-state index contributed by atoms with van der Waals surface area (Å²) in [4.78, 5) is 28.8. The summed E-state index contributed by atoms with van der Waals surface area (Å²) in [6, 6.07) is 20.5. The molecule has 0 spiro atoms. The van der Waals surface area contributed by atoms with Gasteiger partial charge in [0.05, 0.1) is 20.6 Å². The lowest BCUT2D eigenvalue weighted by Crippen LogP contribution is -2.55. The third-order valence-corrected chi connectivity index (χ3v) is 8.40. The Morgan fingerprint density at radius 1 is 0.897 bits per heavy atom. The van der Waals surface area contributed by atoms with Crippen LogP contribution in [0.5, 0.6) is 0 Å². The molecule has 39 heavy (non-hydrogen) atoms. The number of carbonyl (C=O) groups is 2. The van der Waals surface area contributed by atoms with Crippen LogP contribution < -0.4 is 9.62 Å². The summed E-state index contributed by atoms with van der Waals surface area (Å²) in [5.74, 6) is -0.879. The zero-order valence-electron chi connectivity index (χ0n) is 22.4. The van der Waals surface area contributed by atoms with Gasteiger partial charge in [0.25, 0.3) is 10.0 Å². The van der Waals surface area contributed by atoms with E-state index in [0.717, 1.165) is 4.31 Å². The summed E-state index contributed by atoms with van der Waals surface area (Å²) < 4.78 is 28.5. The van der Waals surface area contributed by atoms with E-state index in [0.29, 0.717) is 27.7 Å². The third-order valence-electron chi connectivity index (χ3n) is 5.88. The van der Waals surface area contributed by atoms with Gasteiger partial charge in [-0.3, -0.25) is 13.9 Å². The van der Waals surface area contributed by atoms with Gasteiger partial charge in [-0.1, -0.05) is 72.6 Å². The summed E-state index contributed by atoms with van der Waals surface area (Å²) >= 11 is 12.3. The minimum atomic E-state index is -4.10. The predicted molar refractivity (Wildman–Crippen MR) is 156 cm³/mol. The number of carbonyl (C=O) groups excluding carboxylic acids is 2. The van der Waals surface area contributed by atoms with E-state index in [2.05, 4.69) is 5.32 Å². The lowest BCUT2D eigenvalue weighted by Gasteiger charge is -2.34. The highest BCUT2D eigenvalue weighted by atomic mass is 35.5. The van der Waals surface area contributed by atoms with Crippen molar-refractivity contribution in [3.63, 3.8) is 0 Å². The van der Waals surface area contributed by atoms with E-state index in [-0.39, 0.29) is 17.3 Å². The highest BCUT2D eigenvalue weighted by Crippen LogP contribution is 2.26. The fourth-order valence-electron chi connectivity index (χ4n) is 4.05. The lowest BCUT2D eigenvalue weighted by atomic mass is 10.1. The van der Waals surface area contributed by atoms with Crippen LogP contribution in [0.4, 0.5) is 5.69 Å². The molecule has 0 radical (unpaired) electrons. The summed E-state index contributed by atoms with van der Waals surface area (Å²) in [6.07, 6.45) is 0.311. The molecule has 0 aliphatic rings. The summed E-state index contributed by atoms with van der Waals surface area (Å²) in [7, 11) is -4.10. The van der Waals surface area contributed by atoms with Gasteiger partial charge in [0.1, 0.15) is 12.6 Å². The molecule has 0 saturated carbocycles. The van der Waals surface area contributed by atoms with Gasteiger partial charge in [-0.2, -0.15) is 0 Å². The number of sulfonamides is 1. The maximum atomic E-state index is 14.0. The molecular weight excluding hydrogens is 557 g/mol. The number of hydrogen-bond acceptors (Lipinski definition) is 4. The van der Waals surface area contributed by atoms with E-state index in [9.17, 15) is 18.0 Å². The number of para-hydroxylation sites is 1.